The molecule has 7 heteroatoms. The van der Waals surface area contributed by atoms with Crippen LogP contribution in [0.25, 0.3) is 0 Å². The zero-order chi connectivity index (χ0) is 15.5. The number of carbonyl (C=O) groups is 1. The summed E-state index contributed by atoms with van der Waals surface area (Å²) in [6.07, 6.45) is 6.32. The molecule has 1 saturated heterocycles. The van der Waals surface area contributed by atoms with E-state index in [1.165, 1.54) is 0 Å². The lowest BCUT2D eigenvalue weighted by molar-refractivity contribution is 0.0550. The lowest BCUT2D eigenvalue weighted by Gasteiger charge is -2.33. The SMILES string of the molecule is CCCc1noc([C@H]2CCCCN2C(=O)c2ccnn2C)n1. The van der Waals surface area contributed by atoms with Crippen LogP contribution in [0.2, 0.25) is 0 Å². The third-order valence-electron chi connectivity index (χ3n) is 4.05. The highest BCUT2D eigenvalue weighted by Crippen LogP contribution is 2.31. The smallest absolute Gasteiger partial charge is 0.272 e. The minimum Gasteiger partial charge on any atom is -0.337 e. The van der Waals surface area contributed by atoms with E-state index in [0.717, 1.165) is 37.9 Å². The predicted molar refractivity (Wildman–Crippen MR) is 79.1 cm³/mol. The molecule has 1 atom stereocenters. The van der Waals surface area contributed by atoms with Crippen LogP contribution in [0.3, 0.4) is 0 Å². The molecule has 0 spiro atoms. The summed E-state index contributed by atoms with van der Waals surface area (Å²) < 4.78 is 7.01. The summed E-state index contributed by atoms with van der Waals surface area (Å²) >= 11 is 0. The molecule has 3 rings (SSSR count). The number of aryl methyl sites for hydroxylation is 2. The highest BCUT2D eigenvalue weighted by Gasteiger charge is 2.33. The molecule has 2 aromatic rings. The average molecular weight is 303 g/mol. The second-order valence-corrected chi connectivity index (χ2v) is 5.65. The van der Waals surface area contributed by atoms with Gasteiger partial charge in [-0.3, -0.25) is 9.48 Å². The van der Waals surface area contributed by atoms with Gasteiger partial charge in [0.2, 0.25) is 5.89 Å². The molecule has 0 saturated carbocycles. The molecule has 1 amide bonds. The first-order chi connectivity index (χ1) is 10.7. The van der Waals surface area contributed by atoms with E-state index in [1.807, 2.05) is 4.90 Å². The predicted octanol–water partition coefficient (Wildman–Crippen LogP) is 2.12. The number of hydrogen-bond donors (Lipinski definition) is 0. The van der Waals surface area contributed by atoms with Crippen molar-refractivity contribution in [3.8, 4) is 0 Å². The molecule has 1 aliphatic heterocycles. The summed E-state index contributed by atoms with van der Waals surface area (Å²) in [6.45, 7) is 2.79. The van der Waals surface area contributed by atoms with E-state index in [9.17, 15) is 4.79 Å². The molecule has 1 aliphatic rings. The summed E-state index contributed by atoms with van der Waals surface area (Å²) in [5, 5.41) is 8.09. The topological polar surface area (TPSA) is 77.0 Å². The van der Waals surface area contributed by atoms with Crippen LogP contribution in [-0.2, 0) is 13.5 Å². The average Bonchev–Trinajstić information content (AvgIpc) is 3.16. The largest absolute Gasteiger partial charge is 0.337 e. The van der Waals surface area contributed by atoms with Gasteiger partial charge in [-0.25, -0.2) is 0 Å². The van der Waals surface area contributed by atoms with Gasteiger partial charge in [0.1, 0.15) is 11.7 Å². The molecule has 0 aromatic carbocycles. The Labute approximate surface area is 129 Å². The molecule has 3 heterocycles. The Balaban J connectivity index is 1.84. The second kappa shape index (κ2) is 6.29. The summed E-state index contributed by atoms with van der Waals surface area (Å²) in [5.41, 5.74) is 0.584. The number of likely N-dealkylation sites (tertiary alicyclic amines) is 1. The summed E-state index contributed by atoms with van der Waals surface area (Å²) in [6, 6.07) is 1.61. The lowest BCUT2D eigenvalue weighted by Crippen LogP contribution is -2.39. The second-order valence-electron chi connectivity index (χ2n) is 5.65. The van der Waals surface area contributed by atoms with Gasteiger partial charge in [-0.2, -0.15) is 10.1 Å². The van der Waals surface area contributed by atoms with E-state index in [2.05, 4.69) is 22.2 Å². The number of amides is 1. The van der Waals surface area contributed by atoms with E-state index in [1.54, 1.807) is 24.0 Å². The van der Waals surface area contributed by atoms with E-state index >= 15 is 0 Å². The number of nitrogens with zero attached hydrogens (tertiary/aromatic N) is 5. The van der Waals surface area contributed by atoms with Crippen LogP contribution in [0.15, 0.2) is 16.8 Å². The van der Waals surface area contributed by atoms with Crippen LogP contribution >= 0.6 is 0 Å². The van der Waals surface area contributed by atoms with Crippen molar-refractivity contribution < 1.29 is 9.32 Å². The molecule has 0 unspecified atom stereocenters. The molecule has 0 aliphatic carbocycles. The monoisotopic (exact) mass is 303 g/mol. The zero-order valence-corrected chi connectivity index (χ0v) is 13.0. The maximum atomic E-state index is 12.8. The fourth-order valence-corrected chi connectivity index (χ4v) is 2.89. The van der Waals surface area contributed by atoms with Crippen molar-refractivity contribution in [2.45, 2.75) is 45.1 Å². The van der Waals surface area contributed by atoms with E-state index in [0.29, 0.717) is 18.1 Å². The van der Waals surface area contributed by atoms with Crippen LogP contribution < -0.4 is 0 Å². The van der Waals surface area contributed by atoms with Gasteiger partial charge in [0.15, 0.2) is 5.82 Å². The van der Waals surface area contributed by atoms with E-state index in [-0.39, 0.29) is 11.9 Å². The first-order valence-electron chi connectivity index (χ1n) is 7.82. The molecule has 1 fully saturated rings. The first kappa shape index (κ1) is 14.7. The maximum absolute atomic E-state index is 12.8. The van der Waals surface area contributed by atoms with Crippen molar-refractivity contribution in [3.63, 3.8) is 0 Å². The van der Waals surface area contributed by atoms with E-state index < -0.39 is 0 Å². The van der Waals surface area contributed by atoms with Crippen LogP contribution in [0.4, 0.5) is 0 Å². The van der Waals surface area contributed by atoms with Gasteiger partial charge in [0.25, 0.3) is 5.91 Å². The Morgan fingerprint density at radius 3 is 3.05 bits per heavy atom. The van der Waals surface area contributed by atoms with Gasteiger partial charge >= 0.3 is 0 Å². The minimum absolute atomic E-state index is 0.0278. The summed E-state index contributed by atoms with van der Waals surface area (Å²) in [7, 11) is 1.78. The molecule has 118 valence electrons. The molecule has 0 radical (unpaired) electrons. The van der Waals surface area contributed by atoms with Crippen LogP contribution in [0, 0.1) is 0 Å². The fourth-order valence-electron chi connectivity index (χ4n) is 2.89. The molecular formula is C15H21N5O2. The molecule has 2 aromatic heterocycles. The normalized spacial score (nSPS) is 18.6. The molecule has 0 N–H and O–H groups in total. The number of aromatic nitrogens is 4. The van der Waals surface area contributed by atoms with Crippen molar-refractivity contribution in [2.75, 3.05) is 6.54 Å². The quantitative estimate of drug-likeness (QED) is 0.864. The Bertz CT molecular complexity index is 648. The van der Waals surface area contributed by atoms with Crippen LogP contribution in [0.1, 0.15) is 60.9 Å². The number of hydrogen-bond acceptors (Lipinski definition) is 5. The third-order valence-corrected chi connectivity index (χ3v) is 4.05. The standard InChI is InChI=1S/C15H21N5O2/c1-3-6-13-17-14(22-18-13)11-7-4-5-10-20(11)15(21)12-8-9-16-19(12)2/h8-9,11H,3-7,10H2,1-2H3/t11-/m1/s1. The maximum Gasteiger partial charge on any atom is 0.272 e. The van der Waals surface area contributed by atoms with Crippen molar-refractivity contribution >= 4 is 5.91 Å². The van der Waals surface area contributed by atoms with Gasteiger partial charge < -0.3 is 9.42 Å². The van der Waals surface area contributed by atoms with Crippen molar-refractivity contribution in [1.82, 2.24) is 24.8 Å². The van der Waals surface area contributed by atoms with Gasteiger partial charge in [0.05, 0.1) is 0 Å². The number of rotatable bonds is 4. The van der Waals surface area contributed by atoms with Crippen LogP contribution in [-0.4, -0.2) is 37.3 Å². The highest BCUT2D eigenvalue weighted by molar-refractivity contribution is 5.92. The minimum atomic E-state index is -0.130. The third kappa shape index (κ3) is 2.75. The highest BCUT2D eigenvalue weighted by atomic mass is 16.5. The molecule has 0 bridgehead atoms. The molecule has 7 nitrogen and oxygen atoms in total. The lowest BCUT2D eigenvalue weighted by atomic mass is 10.0. The number of carbonyl (C=O) groups excluding carboxylic acids is 1. The Morgan fingerprint density at radius 2 is 2.32 bits per heavy atom. The van der Waals surface area contributed by atoms with Gasteiger partial charge in [-0.15, -0.1) is 0 Å². The number of piperidine rings is 1. The zero-order valence-electron chi connectivity index (χ0n) is 13.0. The fraction of sp³-hybridized carbons (Fsp3) is 0.600. The summed E-state index contributed by atoms with van der Waals surface area (Å²) in [5.74, 6) is 1.25. The van der Waals surface area contributed by atoms with E-state index in [4.69, 9.17) is 4.52 Å². The van der Waals surface area contributed by atoms with Crippen molar-refractivity contribution in [3.05, 3.63) is 29.7 Å². The van der Waals surface area contributed by atoms with Gasteiger partial charge in [0, 0.05) is 26.2 Å². The molecular weight excluding hydrogens is 282 g/mol. The van der Waals surface area contributed by atoms with Gasteiger partial charge in [-0.05, 0) is 31.7 Å². The Kier molecular flexibility index (Phi) is 4.22. The Hall–Kier alpha value is -2.18. The first-order valence-corrected chi connectivity index (χ1v) is 7.82. The molecule has 22 heavy (non-hydrogen) atoms. The van der Waals surface area contributed by atoms with Gasteiger partial charge in [-0.1, -0.05) is 12.1 Å². The van der Waals surface area contributed by atoms with Crippen LogP contribution in [0.5, 0.6) is 0 Å². The van der Waals surface area contributed by atoms with Crippen molar-refractivity contribution in [2.24, 2.45) is 7.05 Å². The van der Waals surface area contributed by atoms with Crippen molar-refractivity contribution in [1.29, 1.82) is 0 Å². The Morgan fingerprint density at radius 1 is 1.45 bits per heavy atom. The summed E-state index contributed by atoms with van der Waals surface area (Å²) in [4.78, 5) is 19.1.